The summed E-state index contributed by atoms with van der Waals surface area (Å²) in [6.45, 7) is 0. The van der Waals surface area contributed by atoms with E-state index in [0.29, 0.717) is 5.69 Å². The number of alkyl halides is 3. The minimum Gasteiger partial charge on any atom is -0.321 e. The van der Waals surface area contributed by atoms with E-state index in [4.69, 9.17) is 0 Å². The summed E-state index contributed by atoms with van der Waals surface area (Å²) in [5.74, 6) is -0.516. The van der Waals surface area contributed by atoms with Crippen molar-refractivity contribution in [3.63, 3.8) is 0 Å². The number of hydrogen-bond donors (Lipinski definition) is 1. The summed E-state index contributed by atoms with van der Waals surface area (Å²) < 4.78 is 39.5. The lowest BCUT2D eigenvalue weighted by atomic mass is 10.2. The van der Waals surface area contributed by atoms with E-state index in [1.165, 1.54) is 16.7 Å². The van der Waals surface area contributed by atoms with Crippen LogP contribution < -0.4 is 5.32 Å². The molecule has 5 nitrogen and oxygen atoms in total. The first kappa shape index (κ1) is 16.1. The monoisotopic (exact) mass is 356 g/mol. The van der Waals surface area contributed by atoms with Crippen LogP contribution in [0, 0.1) is 0 Å². The largest absolute Gasteiger partial charge is 0.417 e. The third kappa shape index (κ3) is 2.97. The number of nitrogens with one attached hydrogen (secondary N) is 1. The van der Waals surface area contributed by atoms with Gasteiger partial charge in [0.05, 0.1) is 11.1 Å². The van der Waals surface area contributed by atoms with Crippen molar-refractivity contribution in [2.45, 2.75) is 6.18 Å². The van der Waals surface area contributed by atoms with Crippen molar-refractivity contribution in [3.8, 4) is 0 Å². The van der Waals surface area contributed by atoms with Gasteiger partial charge >= 0.3 is 6.18 Å². The second kappa shape index (κ2) is 5.83. The van der Waals surface area contributed by atoms with Gasteiger partial charge in [-0.25, -0.2) is 4.98 Å². The number of nitrogens with zero attached hydrogens (tertiary/aromatic N) is 3. The fourth-order valence-corrected chi connectivity index (χ4v) is 2.61. The molecule has 8 heteroatoms. The first-order valence-corrected chi connectivity index (χ1v) is 7.62. The maximum atomic E-state index is 12.8. The quantitative estimate of drug-likeness (QED) is 0.587. The summed E-state index contributed by atoms with van der Waals surface area (Å²) in [6.07, 6.45) is -0.647. The van der Waals surface area contributed by atoms with E-state index in [1.54, 1.807) is 18.3 Å². The Morgan fingerprint density at radius 3 is 2.73 bits per heavy atom. The highest BCUT2D eigenvalue weighted by Gasteiger charge is 2.31. The number of aromatic nitrogens is 3. The number of carbonyl (C=O) groups is 1. The Kier molecular flexibility index (Phi) is 3.61. The molecule has 0 aliphatic carbocycles. The molecule has 0 atom stereocenters. The van der Waals surface area contributed by atoms with E-state index in [1.807, 2.05) is 18.2 Å². The molecule has 1 amide bonds. The van der Waals surface area contributed by atoms with Crippen LogP contribution in [0.5, 0.6) is 0 Å². The molecule has 0 aliphatic heterocycles. The molecule has 0 unspecified atom stereocenters. The number of rotatable bonds is 2. The SMILES string of the molecule is O=C(Nc1ccc2cccnc2c1)c1cn2cc(C(F)(F)F)ccc2n1. The summed E-state index contributed by atoms with van der Waals surface area (Å²) in [5.41, 5.74) is 0.702. The molecule has 130 valence electrons. The summed E-state index contributed by atoms with van der Waals surface area (Å²) >= 11 is 0. The van der Waals surface area contributed by atoms with Gasteiger partial charge in [0.1, 0.15) is 11.3 Å². The van der Waals surface area contributed by atoms with Gasteiger partial charge < -0.3 is 9.72 Å². The van der Waals surface area contributed by atoms with Crippen molar-refractivity contribution in [1.29, 1.82) is 0 Å². The van der Waals surface area contributed by atoms with Crippen LogP contribution >= 0.6 is 0 Å². The van der Waals surface area contributed by atoms with Crippen molar-refractivity contribution < 1.29 is 18.0 Å². The normalized spacial score (nSPS) is 11.8. The van der Waals surface area contributed by atoms with Gasteiger partial charge in [0.15, 0.2) is 0 Å². The van der Waals surface area contributed by atoms with Crippen LogP contribution in [0.1, 0.15) is 16.1 Å². The zero-order valence-electron chi connectivity index (χ0n) is 13.2. The fraction of sp³-hybridized carbons (Fsp3) is 0.0556. The number of benzene rings is 1. The molecule has 0 aliphatic rings. The smallest absolute Gasteiger partial charge is 0.321 e. The molecular weight excluding hydrogens is 345 g/mol. The van der Waals surface area contributed by atoms with E-state index in [9.17, 15) is 18.0 Å². The number of fused-ring (bicyclic) bond motifs is 2. The molecule has 4 aromatic rings. The fourth-order valence-electron chi connectivity index (χ4n) is 2.61. The van der Waals surface area contributed by atoms with E-state index >= 15 is 0 Å². The van der Waals surface area contributed by atoms with Gasteiger partial charge in [0.25, 0.3) is 5.91 Å². The van der Waals surface area contributed by atoms with Gasteiger partial charge in [-0.1, -0.05) is 12.1 Å². The second-order valence-electron chi connectivity index (χ2n) is 5.67. The van der Waals surface area contributed by atoms with Crippen molar-refractivity contribution >= 4 is 28.1 Å². The Labute approximate surface area is 145 Å². The highest BCUT2D eigenvalue weighted by molar-refractivity contribution is 6.04. The van der Waals surface area contributed by atoms with Crippen LogP contribution in [0.25, 0.3) is 16.6 Å². The minimum atomic E-state index is -4.46. The molecule has 1 aromatic carbocycles. The molecule has 0 bridgehead atoms. The molecule has 0 saturated carbocycles. The van der Waals surface area contributed by atoms with Crippen LogP contribution in [0.15, 0.2) is 61.1 Å². The van der Waals surface area contributed by atoms with Gasteiger partial charge in [-0.05, 0) is 30.3 Å². The average molecular weight is 356 g/mol. The van der Waals surface area contributed by atoms with Crippen LogP contribution in [0.3, 0.4) is 0 Å². The first-order valence-electron chi connectivity index (χ1n) is 7.62. The van der Waals surface area contributed by atoms with Crippen LogP contribution in [0.2, 0.25) is 0 Å². The molecule has 0 spiro atoms. The maximum Gasteiger partial charge on any atom is 0.417 e. The van der Waals surface area contributed by atoms with E-state index in [0.717, 1.165) is 23.2 Å². The first-order chi connectivity index (χ1) is 12.4. The van der Waals surface area contributed by atoms with E-state index < -0.39 is 17.6 Å². The molecule has 3 heterocycles. The highest BCUT2D eigenvalue weighted by atomic mass is 19.4. The number of anilines is 1. The van der Waals surface area contributed by atoms with Crippen molar-refractivity contribution in [2.24, 2.45) is 0 Å². The maximum absolute atomic E-state index is 12.8. The van der Waals surface area contributed by atoms with Crippen LogP contribution in [-0.2, 0) is 6.18 Å². The van der Waals surface area contributed by atoms with Gasteiger partial charge in [-0.15, -0.1) is 0 Å². The second-order valence-corrected chi connectivity index (χ2v) is 5.67. The molecule has 1 N–H and O–H groups in total. The zero-order chi connectivity index (χ0) is 18.3. The molecule has 0 radical (unpaired) electrons. The standard InChI is InChI=1S/C18H11F3N4O/c19-18(20,21)12-4-6-16-24-15(10-25(16)9-12)17(26)23-13-5-3-11-2-1-7-22-14(11)8-13/h1-10H,(H,23,26). The number of imidazole rings is 1. The third-order valence-corrected chi connectivity index (χ3v) is 3.87. The zero-order valence-corrected chi connectivity index (χ0v) is 13.2. The minimum absolute atomic E-state index is 0.0189. The lowest BCUT2D eigenvalue weighted by molar-refractivity contribution is -0.137. The summed E-state index contributed by atoms with van der Waals surface area (Å²) in [6, 6.07) is 11.1. The Morgan fingerprint density at radius 2 is 1.92 bits per heavy atom. The number of amides is 1. The highest BCUT2D eigenvalue weighted by Crippen LogP contribution is 2.29. The predicted molar refractivity (Wildman–Crippen MR) is 89.9 cm³/mol. The lowest BCUT2D eigenvalue weighted by Crippen LogP contribution is -2.12. The number of carbonyl (C=O) groups excluding carboxylic acids is 1. The van der Waals surface area contributed by atoms with Gasteiger partial charge in [-0.2, -0.15) is 13.2 Å². The third-order valence-electron chi connectivity index (χ3n) is 3.87. The molecular formula is C18H11F3N4O. The lowest BCUT2D eigenvalue weighted by Gasteiger charge is -2.05. The van der Waals surface area contributed by atoms with Gasteiger partial charge in [0.2, 0.25) is 0 Å². The molecule has 0 saturated heterocycles. The summed E-state index contributed by atoms with van der Waals surface area (Å²) in [4.78, 5) is 20.6. The molecule has 0 fully saturated rings. The summed E-state index contributed by atoms with van der Waals surface area (Å²) in [5, 5.41) is 3.61. The van der Waals surface area contributed by atoms with Crippen molar-refractivity contribution in [1.82, 2.24) is 14.4 Å². The number of halogens is 3. The van der Waals surface area contributed by atoms with Crippen molar-refractivity contribution in [2.75, 3.05) is 5.32 Å². The van der Waals surface area contributed by atoms with Crippen LogP contribution in [0.4, 0.5) is 18.9 Å². The number of pyridine rings is 2. The Balaban J connectivity index is 1.62. The van der Waals surface area contributed by atoms with Gasteiger partial charge in [-0.3, -0.25) is 9.78 Å². The Morgan fingerprint density at radius 1 is 1.08 bits per heavy atom. The number of hydrogen-bond acceptors (Lipinski definition) is 3. The molecule has 26 heavy (non-hydrogen) atoms. The Hall–Kier alpha value is -3.42. The molecule has 3 aromatic heterocycles. The predicted octanol–water partition coefficient (Wildman–Crippen LogP) is 4.15. The van der Waals surface area contributed by atoms with Gasteiger partial charge in [0, 0.05) is 29.7 Å². The van der Waals surface area contributed by atoms with Crippen molar-refractivity contribution in [3.05, 3.63) is 72.3 Å². The Bertz CT molecular complexity index is 1130. The molecule has 4 rings (SSSR count). The topological polar surface area (TPSA) is 59.3 Å². The average Bonchev–Trinajstić information content (AvgIpc) is 3.04. The summed E-state index contributed by atoms with van der Waals surface area (Å²) in [7, 11) is 0. The van der Waals surface area contributed by atoms with Crippen LogP contribution in [-0.4, -0.2) is 20.3 Å². The van der Waals surface area contributed by atoms with E-state index in [-0.39, 0.29) is 11.3 Å². The van der Waals surface area contributed by atoms with E-state index in [2.05, 4.69) is 15.3 Å².